The third-order valence-corrected chi connectivity index (χ3v) is 7.17. The molecule has 7 heteroatoms. The zero-order valence-electron chi connectivity index (χ0n) is 22.6. The van der Waals surface area contributed by atoms with Gasteiger partial charge in [-0.1, -0.05) is 89.9 Å². The first kappa shape index (κ1) is 28.2. The smallest absolute Gasteiger partial charge is 0.251 e. The fourth-order valence-corrected chi connectivity index (χ4v) is 5.10. The number of carbonyl (C=O) groups is 1. The monoisotopic (exact) mass is 581 g/mol. The number of nitrogens with one attached hydrogen (secondary N) is 1. The zero-order chi connectivity index (χ0) is 28.9. The van der Waals surface area contributed by atoms with Gasteiger partial charge in [0.05, 0.1) is 23.7 Å². The second-order valence-corrected chi connectivity index (χ2v) is 10.8. The molecule has 0 spiro atoms. The number of benzene rings is 4. The Kier molecular flexibility index (Phi) is 8.58. The Balaban J connectivity index is 1.48. The number of aryl methyl sites for hydroxylation is 1. The van der Waals surface area contributed by atoms with Gasteiger partial charge in [-0.25, -0.2) is 0 Å². The van der Waals surface area contributed by atoms with Gasteiger partial charge in [0.15, 0.2) is 0 Å². The fourth-order valence-electron chi connectivity index (χ4n) is 4.57. The van der Waals surface area contributed by atoms with E-state index in [1.807, 2.05) is 35.0 Å². The van der Waals surface area contributed by atoms with Gasteiger partial charge < -0.3 is 10.4 Å². The molecule has 0 fully saturated rings. The summed E-state index contributed by atoms with van der Waals surface area (Å²) >= 11 is 12.6. The molecule has 1 amide bonds. The van der Waals surface area contributed by atoms with Crippen molar-refractivity contribution in [2.45, 2.75) is 19.9 Å². The van der Waals surface area contributed by atoms with E-state index in [4.69, 9.17) is 28.3 Å². The van der Waals surface area contributed by atoms with Crippen molar-refractivity contribution in [3.8, 4) is 33.6 Å². The van der Waals surface area contributed by atoms with E-state index in [0.29, 0.717) is 35.1 Å². The highest BCUT2D eigenvalue weighted by Gasteiger charge is 2.15. The van der Waals surface area contributed by atoms with Gasteiger partial charge in [-0.3, -0.25) is 9.48 Å². The standard InChI is InChI=1S/C34H29Cl2N3O2/c1-22-6-10-25(11-7-22)27-4-3-5-28(16-27)33-20-32(29-17-30(35)19-31(36)18-29)38-39(33)21-24-8-12-26(13-9-24)34(41)37-15-14-23(2)40/h3-13,16-20,40H,2,14-15,21H2,1H3,(H,37,41). The van der Waals surface area contributed by atoms with E-state index in [1.165, 1.54) is 5.56 Å². The molecule has 5 rings (SSSR count). The summed E-state index contributed by atoms with van der Waals surface area (Å²) in [5.41, 5.74) is 8.55. The quantitative estimate of drug-likeness (QED) is 0.171. The summed E-state index contributed by atoms with van der Waals surface area (Å²) in [5, 5.41) is 18.1. The van der Waals surface area contributed by atoms with Crippen molar-refractivity contribution < 1.29 is 9.90 Å². The van der Waals surface area contributed by atoms with Crippen molar-refractivity contribution in [2.75, 3.05) is 6.54 Å². The number of halogens is 2. The summed E-state index contributed by atoms with van der Waals surface area (Å²) in [5.74, 6) is -0.162. The third-order valence-electron chi connectivity index (χ3n) is 6.73. The molecule has 0 aliphatic carbocycles. The van der Waals surface area contributed by atoms with Gasteiger partial charge >= 0.3 is 0 Å². The van der Waals surface area contributed by atoms with Gasteiger partial charge in [-0.05, 0) is 66.1 Å². The van der Waals surface area contributed by atoms with Gasteiger partial charge in [0.25, 0.3) is 5.91 Å². The fraction of sp³-hybridized carbons (Fsp3) is 0.118. The van der Waals surface area contributed by atoms with Crippen LogP contribution in [-0.2, 0) is 6.54 Å². The molecule has 206 valence electrons. The topological polar surface area (TPSA) is 67.2 Å². The van der Waals surface area contributed by atoms with Crippen molar-refractivity contribution in [1.29, 1.82) is 0 Å². The van der Waals surface area contributed by atoms with Crippen molar-refractivity contribution in [2.24, 2.45) is 0 Å². The van der Waals surface area contributed by atoms with Crippen LogP contribution in [0.3, 0.4) is 0 Å². The van der Waals surface area contributed by atoms with E-state index in [2.05, 4.69) is 67.4 Å². The number of carbonyl (C=O) groups excluding carboxylic acids is 1. The number of nitrogens with zero attached hydrogens (tertiary/aromatic N) is 2. The lowest BCUT2D eigenvalue weighted by Crippen LogP contribution is -2.24. The van der Waals surface area contributed by atoms with Crippen LogP contribution in [0.25, 0.3) is 33.6 Å². The first-order valence-electron chi connectivity index (χ1n) is 13.2. The molecule has 0 atom stereocenters. The summed E-state index contributed by atoms with van der Waals surface area (Å²) in [6.07, 6.45) is 0.317. The summed E-state index contributed by atoms with van der Waals surface area (Å²) in [7, 11) is 0. The third kappa shape index (κ3) is 7.07. The maximum Gasteiger partial charge on any atom is 0.251 e. The van der Waals surface area contributed by atoms with Crippen molar-refractivity contribution in [3.05, 3.63) is 136 Å². The minimum Gasteiger partial charge on any atom is -0.513 e. The Labute approximate surface area is 249 Å². The first-order chi connectivity index (χ1) is 19.7. The average molecular weight is 583 g/mol. The number of hydrogen-bond acceptors (Lipinski definition) is 3. The maximum atomic E-state index is 12.5. The highest BCUT2D eigenvalue weighted by Crippen LogP contribution is 2.32. The summed E-state index contributed by atoms with van der Waals surface area (Å²) in [4.78, 5) is 12.5. The van der Waals surface area contributed by atoms with E-state index in [1.54, 1.807) is 18.2 Å². The first-order valence-corrected chi connectivity index (χ1v) is 14.0. The average Bonchev–Trinajstić information content (AvgIpc) is 3.37. The van der Waals surface area contributed by atoms with Crippen LogP contribution in [0.2, 0.25) is 10.0 Å². The summed E-state index contributed by atoms with van der Waals surface area (Å²) < 4.78 is 1.96. The van der Waals surface area contributed by atoms with Gasteiger partial charge in [0.2, 0.25) is 0 Å². The number of rotatable bonds is 9. The highest BCUT2D eigenvalue weighted by atomic mass is 35.5. The zero-order valence-corrected chi connectivity index (χ0v) is 24.1. The molecule has 41 heavy (non-hydrogen) atoms. The molecule has 0 radical (unpaired) electrons. The molecule has 2 N–H and O–H groups in total. The molecule has 0 aliphatic heterocycles. The summed E-state index contributed by atoms with van der Waals surface area (Å²) in [6.45, 7) is 6.33. The molecule has 0 unspecified atom stereocenters. The Hall–Kier alpha value is -4.32. The van der Waals surface area contributed by atoms with Crippen LogP contribution in [0.4, 0.5) is 0 Å². The number of aromatic nitrogens is 2. The molecule has 5 aromatic rings. The number of aliphatic hydroxyl groups is 1. The molecule has 1 heterocycles. The van der Waals surface area contributed by atoms with Crippen LogP contribution in [0.5, 0.6) is 0 Å². The number of hydrogen-bond donors (Lipinski definition) is 2. The van der Waals surface area contributed by atoms with Crippen molar-refractivity contribution >= 4 is 29.1 Å². The van der Waals surface area contributed by atoms with Gasteiger partial charge in [-0.15, -0.1) is 0 Å². The Bertz CT molecular complexity index is 1690. The molecule has 4 aromatic carbocycles. The minimum atomic E-state index is -0.203. The van der Waals surface area contributed by atoms with Crippen LogP contribution >= 0.6 is 23.2 Å². The van der Waals surface area contributed by atoms with Crippen LogP contribution in [0, 0.1) is 6.92 Å². The van der Waals surface area contributed by atoms with E-state index in [9.17, 15) is 9.90 Å². The molecule has 0 saturated carbocycles. The lowest BCUT2D eigenvalue weighted by molar-refractivity contribution is 0.0953. The van der Waals surface area contributed by atoms with Crippen LogP contribution < -0.4 is 5.32 Å². The van der Waals surface area contributed by atoms with Gasteiger partial charge in [0, 0.05) is 39.7 Å². The molecule has 0 bridgehead atoms. The Morgan fingerprint density at radius 2 is 1.54 bits per heavy atom. The normalized spacial score (nSPS) is 10.9. The molecule has 0 saturated heterocycles. The maximum absolute atomic E-state index is 12.5. The molecule has 5 nitrogen and oxygen atoms in total. The predicted molar refractivity (Wildman–Crippen MR) is 168 cm³/mol. The lowest BCUT2D eigenvalue weighted by atomic mass is 10.0. The molecule has 0 aliphatic rings. The van der Waals surface area contributed by atoms with E-state index in [-0.39, 0.29) is 11.7 Å². The Morgan fingerprint density at radius 3 is 2.22 bits per heavy atom. The number of aliphatic hydroxyl groups excluding tert-OH is 1. The Morgan fingerprint density at radius 1 is 0.854 bits per heavy atom. The SMILES string of the molecule is C=C(O)CCNC(=O)c1ccc(Cn2nc(-c3cc(Cl)cc(Cl)c3)cc2-c2cccc(-c3ccc(C)cc3)c2)cc1. The molecular weight excluding hydrogens is 553 g/mol. The van der Waals surface area contributed by atoms with Crippen molar-refractivity contribution in [1.82, 2.24) is 15.1 Å². The summed E-state index contributed by atoms with van der Waals surface area (Å²) in [6, 6.07) is 31.8. The second kappa shape index (κ2) is 12.5. The van der Waals surface area contributed by atoms with E-state index in [0.717, 1.165) is 39.2 Å². The largest absolute Gasteiger partial charge is 0.513 e. The van der Waals surface area contributed by atoms with Crippen molar-refractivity contribution in [3.63, 3.8) is 0 Å². The van der Waals surface area contributed by atoms with Crippen LogP contribution in [0.15, 0.2) is 109 Å². The van der Waals surface area contributed by atoms with Crippen LogP contribution in [-0.4, -0.2) is 27.3 Å². The number of amides is 1. The lowest BCUT2D eigenvalue weighted by Gasteiger charge is -2.11. The van der Waals surface area contributed by atoms with Gasteiger partial charge in [-0.2, -0.15) is 5.10 Å². The van der Waals surface area contributed by atoms with Gasteiger partial charge in [0.1, 0.15) is 0 Å². The van der Waals surface area contributed by atoms with E-state index < -0.39 is 0 Å². The predicted octanol–water partition coefficient (Wildman–Crippen LogP) is 8.74. The van der Waals surface area contributed by atoms with E-state index >= 15 is 0 Å². The minimum absolute atomic E-state index is 0.0412. The second-order valence-electron chi connectivity index (χ2n) is 9.95. The van der Waals surface area contributed by atoms with Crippen LogP contribution in [0.1, 0.15) is 27.9 Å². The molecule has 1 aromatic heterocycles. The highest BCUT2D eigenvalue weighted by molar-refractivity contribution is 6.35. The molecular formula is C34H29Cl2N3O2.